The fraction of sp³-hybridized carbons (Fsp3) is 0.500. The molecular formula is C14H18N2OS2. The zero-order valence-corrected chi connectivity index (χ0v) is 12.9. The Morgan fingerprint density at radius 3 is 2.84 bits per heavy atom. The minimum absolute atomic E-state index is 0.371. The number of hydrogen-bond donors (Lipinski definition) is 1. The largest absolute Gasteiger partial charge is 0.497 e. The molecule has 1 aromatic carbocycles. The normalized spacial score (nSPS) is 17.4. The number of nitrogens with zero attached hydrogens (tertiary/aromatic N) is 1. The summed E-state index contributed by atoms with van der Waals surface area (Å²) >= 11 is 7.45. The van der Waals surface area contributed by atoms with Crippen molar-refractivity contribution in [2.45, 2.75) is 30.6 Å². The van der Waals surface area contributed by atoms with Gasteiger partial charge < -0.3 is 14.3 Å². The monoisotopic (exact) mass is 294 g/mol. The van der Waals surface area contributed by atoms with Gasteiger partial charge in [-0.05, 0) is 43.4 Å². The lowest BCUT2D eigenvalue weighted by atomic mass is 9.84. The summed E-state index contributed by atoms with van der Waals surface area (Å²) in [5.74, 6) is 0.877. The molecule has 0 aliphatic heterocycles. The van der Waals surface area contributed by atoms with E-state index in [1.165, 1.54) is 19.3 Å². The van der Waals surface area contributed by atoms with Gasteiger partial charge in [0.2, 0.25) is 0 Å². The lowest BCUT2D eigenvalue weighted by molar-refractivity contribution is 0.323. The highest BCUT2D eigenvalue weighted by molar-refractivity contribution is 8.00. The van der Waals surface area contributed by atoms with Crippen LogP contribution in [-0.4, -0.2) is 27.7 Å². The van der Waals surface area contributed by atoms with Crippen molar-refractivity contribution in [1.29, 1.82) is 0 Å². The van der Waals surface area contributed by atoms with Gasteiger partial charge in [0.05, 0.1) is 18.1 Å². The van der Waals surface area contributed by atoms with E-state index in [0.29, 0.717) is 4.75 Å². The van der Waals surface area contributed by atoms with Gasteiger partial charge in [-0.1, -0.05) is 6.42 Å². The van der Waals surface area contributed by atoms with Gasteiger partial charge in [0.15, 0.2) is 4.77 Å². The van der Waals surface area contributed by atoms with Crippen LogP contribution >= 0.6 is 24.0 Å². The molecule has 1 fully saturated rings. The molecule has 19 heavy (non-hydrogen) atoms. The van der Waals surface area contributed by atoms with E-state index in [0.717, 1.165) is 28.1 Å². The molecule has 5 heteroatoms. The number of methoxy groups -OCH3 is 1. The quantitative estimate of drug-likeness (QED) is 0.865. The first-order valence-corrected chi connectivity index (χ1v) is 8.12. The van der Waals surface area contributed by atoms with Gasteiger partial charge in [-0.15, -0.1) is 0 Å². The Morgan fingerprint density at radius 1 is 1.47 bits per heavy atom. The first kappa shape index (κ1) is 13.1. The Labute approximate surface area is 122 Å². The van der Waals surface area contributed by atoms with Crippen LogP contribution in [0, 0.1) is 4.77 Å². The van der Waals surface area contributed by atoms with Gasteiger partial charge in [0.1, 0.15) is 5.75 Å². The van der Waals surface area contributed by atoms with Crippen LogP contribution in [0.2, 0.25) is 0 Å². The Morgan fingerprint density at radius 2 is 2.26 bits per heavy atom. The Kier molecular flexibility index (Phi) is 3.35. The summed E-state index contributed by atoms with van der Waals surface area (Å²) in [7, 11) is 1.70. The summed E-state index contributed by atoms with van der Waals surface area (Å²) in [6, 6.07) is 6.06. The van der Waals surface area contributed by atoms with Crippen molar-refractivity contribution in [3.05, 3.63) is 23.0 Å². The molecule has 3 nitrogen and oxygen atoms in total. The summed E-state index contributed by atoms with van der Waals surface area (Å²) in [6.07, 6.45) is 6.11. The Hall–Kier alpha value is -0.940. The predicted octanol–water partition coefficient (Wildman–Crippen LogP) is 3.99. The summed E-state index contributed by atoms with van der Waals surface area (Å²) in [6.45, 7) is 0.986. The molecule has 1 aromatic heterocycles. The molecule has 0 spiro atoms. The van der Waals surface area contributed by atoms with E-state index in [-0.39, 0.29) is 0 Å². The third-order valence-corrected chi connectivity index (χ3v) is 5.85. The van der Waals surface area contributed by atoms with E-state index in [1.807, 2.05) is 23.9 Å². The van der Waals surface area contributed by atoms with E-state index < -0.39 is 0 Å². The summed E-state index contributed by atoms with van der Waals surface area (Å²) in [5, 5.41) is 0. The van der Waals surface area contributed by atoms with Crippen molar-refractivity contribution in [2.75, 3.05) is 13.4 Å². The molecule has 1 saturated carbocycles. The van der Waals surface area contributed by atoms with Gasteiger partial charge in [-0.3, -0.25) is 0 Å². The molecule has 1 N–H and O–H groups in total. The number of thioether (sulfide) groups is 1. The molecule has 1 heterocycles. The van der Waals surface area contributed by atoms with Gasteiger partial charge >= 0.3 is 0 Å². The Balaban J connectivity index is 2.06. The fourth-order valence-corrected chi connectivity index (χ4v) is 3.93. The first-order valence-electron chi connectivity index (χ1n) is 6.49. The summed E-state index contributed by atoms with van der Waals surface area (Å²) < 4.78 is 8.72. The Bertz CT molecular complexity index is 649. The number of benzene rings is 1. The lowest BCUT2D eigenvalue weighted by Gasteiger charge is -2.40. The average Bonchev–Trinajstić information content (AvgIpc) is 2.69. The van der Waals surface area contributed by atoms with E-state index in [2.05, 4.69) is 21.9 Å². The van der Waals surface area contributed by atoms with Crippen molar-refractivity contribution in [3.63, 3.8) is 0 Å². The molecule has 1 aliphatic carbocycles. The highest BCUT2D eigenvalue weighted by atomic mass is 32.2. The van der Waals surface area contributed by atoms with Crippen LogP contribution in [0.5, 0.6) is 5.75 Å². The molecule has 0 bridgehead atoms. The third-order valence-electron chi connectivity index (χ3n) is 4.13. The van der Waals surface area contributed by atoms with Gasteiger partial charge in [-0.25, -0.2) is 0 Å². The van der Waals surface area contributed by atoms with Gasteiger partial charge in [-0.2, -0.15) is 11.8 Å². The van der Waals surface area contributed by atoms with Crippen LogP contribution in [0.3, 0.4) is 0 Å². The number of rotatable bonds is 4. The van der Waals surface area contributed by atoms with Crippen molar-refractivity contribution in [3.8, 4) is 5.75 Å². The second-order valence-corrected chi connectivity index (χ2v) is 6.80. The topological polar surface area (TPSA) is 29.9 Å². The highest BCUT2D eigenvalue weighted by Gasteiger charge is 2.36. The predicted molar refractivity (Wildman–Crippen MR) is 83.8 cm³/mol. The minimum Gasteiger partial charge on any atom is -0.497 e. The van der Waals surface area contributed by atoms with Gasteiger partial charge in [0.25, 0.3) is 0 Å². The van der Waals surface area contributed by atoms with E-state index in [9.17, 15) is 0 Å². The number of imidazole rings is 1. The van der Waals surface area contributed by atoms with Crippen molar-refractivity contribution < 1.29 is 4.74 Å². The van der Waals surface area contributed by atoms with Crippen LogP contribution in [0.25, 0.3) is 11.0 Å². The number of nitrogens with one attached hydrogen (secondary N) is 1. The maximum absolute atomic E-state index is 5.48. The fourth-order valence-electron chi connectivity index (χ4n) is 2.70. The summed E-state index contributed by atoms with van der Waals surface area (Å²) in [4.78, 5) is 3.29. The SMILES string of the molecule is COc1ccc2[nH]c(=S)n(CC3(SC)CCC3)c2c1. The second-order valence-electron chi connectivity index (χ2n) is 5.14. The molecule has 3 rings (SSSR count). The zero-order chi connectivity index (χ0) is 13.5. The molecule has 0 radical (unpaired) electrons. The van der Waals surface area contributed by atoms with Crippen molar-refractivity contribution in [1.82, 2.24) is 9.55 Å². The molecule has 0 unspecified atom stereocenters. The molecule has 102 valence electrons. The first-order chi connectivity index (χ1) is 9.17. The van der Waals surface area contributed by atoms with E-state index in [4.69, 9.17) is 17.0 Å². The number of fused-ring (bicyclic) bond motifs is 1. The van der Waals surface area contributed by atoms with E-state index >= 15 is 0 Å². The minimum atomic E-state index is 0.371. The second kappa shape index (κ2) is 4.87. The highest BCUT2D eigenvalue weighted by Crippen LogP contribution is 2.44. The van der Waals surface area contributed by atoms with Crippen LogP contribution < -0.4 is 4.74 Å². The standard InChI is InChI=1S/C14H18N2OS2/c1-17-10-4-5-11-12(8-10)16(13(18)15-11)9-14(19-2)6-3-7-14/h4-5,8H,3,6-7,9H2,1-2H3,(H,15,18). The maximum atomic E-state index is 5.48. The number of ether oxygens (including phenoxy) is 1. The molecule has 0 amide bonds. The number of H-pyrrole nitrogens is 1. The number of aromatic amines is 1. The van der Waals surface area contributed by atoms with Crippen LogP contribution in [0.1, 0.15) is 19.3 Å². The molecule has 2 aromatic rings. The van der Waals surface area contributed by atoms with Crippen LogP contribution in [-0.2, 0) is 6.54 Å². The van der Waals surface area contributed by atoms with E-state index in [1.54, 1.807) is 7.11 Å². The zero-order valence-electron chi connectivity index (χ0n) is 11.2. The lowest BCUT2D eigenvalue weighted by Crippen LogP contribution is -2.37. The van der Waals surface area contributed by atoms with Gasteiger partial charge in [0, 0.05) is 17.4 Å². The van der Waals surface area contributed by atoms with Crippen molar-refractivity contribution in [2.24, 2.45) is 0 Å². The molecule has 0 saturated heterocycles. The van der Waals surface area contributed by atoms with Crippen LogP contribution in [0.4, 0.5) is 0 Å². The average molecular weight is 294 g/mol. The summed E-state index contributed by atoms with van der Waals surface area (Å²) in [5.41, 5.74) is 2.23. The maximum Gasteiger partial charge on any atom is 0.178 e. The molecular weight excluding hydrogens is 276 g/mol. The molecule has 0 atom stereocenters. The number of hydrogen-bond acceptors (Lipinski definition) is 3. The van der Waals surface area contributed by atoms with Crippen molar-refractivity contribution >= 4 is 35.0 Å². The smallest absolute Gasteiger partial charge is 0.178 e. The molecule has 1 aliphatic rings. The van der Waals surface area contributed by atoms with Crippen LogP contribution in [0.15, 0.2) is 18.2 Å². The third kappa shape index (κ3) is 2.19. The number of aromatic nitrogens is 2.